The summed E-state index contributed by atoms with van der Waals surface area (Å²) in [7, 11) is 0. The Bertz CT molecular complexity index is 1140. The normalized spacial score (nSPS) is 19.2. The number of amidine groups is 1. The molecule has 3 amide bonds. The quantitative estimate of drug-likeness (QED) is 0.736. The van der Waals surface area contributed by atoms with Gasteiger partial charge in [0.15, 0.2) is 5.17 Å². The van der Waals surface area contributed by atoms with Gasteiger partial charge in [-0.25, -0.2) is 0 Å². The summed E-state index contributed by atoms with van der Waals surface area (Å²) >= 11 is 7.29. The molecule has 32 heavy (non-hydrogen) atoms. The Morgan fingerprint density at radius 1 is 1.19 bits per heavy atom. The summed E-state index contributed by atoms with van der Waals surface area (Å²) in [6, 6.07) is 12.6. The van der Waals surface area contributed by atoms with Crippen LogP contribution in [0.2, 0.25) is 5.02 Å². The monoisotopic (exact) mass is 472 g/mol. The molecule has 2 aromatic carbocycles. The summed E-state index contributed by atoms with van der Waals surface area (Å²) in [4.78, 5) is 38.1. The Balaban J connectivity index is 1.76. The first-order chi connectivity index (χ1) is 15.3. The predicted octanol–water partition coefficient (Wildman–Crippen LogP) is 3.44. The first-order valence-electron chi connectivity index (χ1n) is 9.96. The molecule has 166 valence electrons. The van der Waals surface area contributed by atoms with Crippen LogP contribution in [0.1, 0.15) is 31.9 Å². The summed E-state index contributed by atoms with van der Waals surface area (Å²) in [6.45, 7) is 5.43. The molecular weight excluding hydrogens is 452 g/mol. The molecular formula is C22H21ClN4O4S. The minimum atomic E-state index is -1.48. The molecule has 1 unspecified atom stereocenters. The van der Waals surface area contributed by atoms with Gasteiger partial charge in [0.05, 0.1) is 18.8 Å². The molecule has 0 radical (unpaired) electrons. The third kappa shape index (κ3) is 3.71. The minimum Gasteiger partial charge on any atom is -0.494 e. The second kappa shape index (κ2) is 8.48. The van der Waals surface area contributed by atoms with Crippen LogP contribution in [0.5, 0.6) is 5.75 Å². The number of hydrazone groups is 1. The molecule has 0 aromatic heterocycles. The van der Waals surface area contributed by atoms with Crippen LogP contribution in [-0.2, 0) is 25.8 Å². The zero-order valence-corrected chi connectivity index (χ0v) is 19.3. The van der Waals surface area contributed by atoms with E-state index in [1.807, 2.05) is 31.2 Å². The number of fused-ring (bicyclic) bond motifs is 2. The zero-order chi connectivity index (χ0) is 23.0. The van der Waals surface area contributed by atoms with Gasteiger partial charge in [0.2, 0.25) is 16.7 Å². The summed E-state index contributed by atoms with van der Waals surface area (Å²) in [6.07, 6.45) is 0. The molecule has 1 atom stereocenters. The number of ether oxygens (including phenoxy) is 1. The van der Waals surface area contributed by atoms with Crippen molar-refractivity contribution in [1.82, 2.24) is 10.3 Å². The highest BCUT2D eigenvalue weighted by molar-refractivity contribution is 8.15. The van der Waals surface area contributed by atoms with Gasteiger partial charge in [-0.05, 0) is 54.6 Å². The Hall–Kier alpha value is -3.04. The first-order valence-corrected chi connectivity index (χ1v) is 11.2. The average Bonchev–Trinajstić information content (AvgIpc) is 3.22. The van der Waals surface area contributed by atoms with Crippen LogP contribution < -0.4 is 15.0 Å². The highest BCUT2D eigenvalue weighted by Crippen LogP contribution is 2.55. The van der Waals surface area contributed by atoms with Crippen molar-refractivity contribution in [2.24, 2.45) is 5.10 Å². The number of carbonyl (C=O) groups excluding carboxylic acids is 3. The maximum absolute atomic E-state index is 13.9. The molecule has 10 heteroatoms. The van der Waals surface area contributed by atoms with Crippen LogP contribution in [0.4, 0.5) is 5.69 Å². The number of hydrogen-bond acceptors (Lipinski definition) is 6. The molecule has 8 nitrogen and oxygen atoms in total. The van der Waals surface area contributed by atoms with Crippen molar-refractivity contribution >= 4 is 51.9 Å². The smallest absolute Gasteiger partial charge is 0.271 e. The molecule has 0 saturated heterocycles. The second-order valence-corrected chi connectivity index (χ2v) is 8.91. The van der Waals surface area contributed by atoms with E-state index in [0.717, 1.165) is 28.1 Å². The highest BCUT2D eigenvalue weighted by atomic mass is 35.5. The van der Waals surface area contributed by atoms with Crippen molar-refractivity contribution < 1.29 is 19.1 Å². The minimum absolute atomic E-state index is 0.176. The largest absolute Gasteiger partial charge is 0.494 e. The van der Waals surface area contributed by atoms with Crippen molar-refractivity contribution in [3.8, 4) is 5.75 Å². The van der Waals surface area contributed by atoms with Gasteiger partial charge < -0.3 is 15.0 Å². The van der Waals surface area contributed by atoms with Gasteiger partial charge in [0.25, 0.3) is 5.91 Å². The van der Waals surface area contributed by atoms with E-state index in [-0.39, 0.29) is 23.5 Å². The Morgan fingerprint density at radius 3 is 2.53 bits per heavy atom. The van der Waals surface area contributed by atoms with Crippen molar-refractivity contribution in [2.45, 2.75) is 32.2 Å². The van der Waals surface area contributed by atoms with E-state index in [0.29, 0.717) is 22.9 Å². The van der Waals surface area contributed by atoms with Crippen molar-refractivity contribution in [3.05, 3.63) is 58.6 Å². The standard InChI is InChI=1S/C22H21ClN4O4S/c1-4-31-17-8-5-15(6-9-17)12-26-19-10-7-16(23)11-18(19)22(20(26)30)27(14(3)29)25-21(32-22)24-13(2)28/h5-11H,4,12H2,1-3H3,(H,24,25,28). The van der Waals surface area contributed by atoms with Crippen LogP contribution in [0.15, 0.2) is 47.6 Å². The topological polar surface area (TPSA) is 91.3 Å². The highest BCUT2D eigenvalue weighted by Gasteiger charge is 2.61. The van der Waals surface area contributed by atoms with Crippen LogP contribution in [0.25, 0.3) is 0 Å². The number of rotatable bonds is 4. The maximum Gasteiger partial charge on any atom is 0.271 e. The van der Waals surface area contributed by atoms with E-state index >= 15 is 0 Å². The van der Waals surface area contributed by atoms with Gasteiger partial charge in [-0.1, -0.05) is 23.7 Å². The van der Waals surface area contributed by atoms with Crippen LogP contribution in [0.3, 0.4) is 0 Å². The Kier molecular flexibility index (Phi) is 5.87. The first kappa shape index (κ1) is 22.2. The lowest BCUT2D eigenvalue weighted by Crippen LogP contribution is -2.48. The van der Waals surface area contributed by atoms with E-state index < -0.39 is 10.8 Å². The van der Waals surface area contributed by atoms with E-state index in [1.165, 1.54) is 13.8 Å². The summed E-state index contributed by atoms with van der Waals surface area (Å²) < 4.78 is 5.49. The van der Waals surface area contributed by atoms with Gasteiger partial charge >= 0.3 is 0 Å². The molecule has 1 spiro atoms. The molecule has 0 saturated carbocycles. The van der Waals surface area contributed by atoms with Crippen LogP contribution in [0, 0.1) is 0 Å². The fourth-order valence-corrected chi connectivity index (χ4v) is 5.28. The number of amides is 3. The second-order valence-electron chi connectivity index (χ2n) is 7.29. The summed E-state index contributed by atoms with van der Waals surface area (Å²) in [5.74, 6) is -0.372. The lowest BCUT2D eigenvalue weighted by Gasteiger charge is -2.29. The number of halogens is 1. The molecule has 0 fully saturated rings. The van der Waals surface area contributed by atoms with E-state index in [4.69, 9.17) is 16.3 Å². The van der Waals surface area contributed by atoms with Gasteiger partial charge in [-0.2, -0.15) is 5.01 Å². The lowest BCUT2D eigenvalue weighted by molar-refractivity contribution is -0.139. The molecule has 0 aliphatic carbocycles. The molecule has 2 aliphatic heterocycles. The number of nitrogens with zero attached hydrogens (tertiary/aromatic N) is 3. The zero-order valence-electron chi connectivity index (χ0n) is 17.7. The fraction of sp³-hybridized carbons (Fsp3) is 0.273. The van der Waals surface area contributed by atoms with Gasteiger partial charge in [0.1, 0.15) is 5.75 Å². The number of carbonyl (C=O) groups is 3. The molecule has 2 aromatic rings. The van der Waals surface area contributed by atoms with E-state index in [2.05, 4.69) is 10.4 Å². The fourth-order valence-electron chi connectivity index (χ4n) is 3.78. The Morgan fingerprint density at radius 2 is 1.91 bits per heavy atom. The summed E-state index contributed by atoms with van der Waals surface area (Å²) in [5, 5.41) is 8.56. The van der Waals surface area contributed by atoms with Crippen LogP contribution >= 0.6 is 23.4 Å². The number of hydrogen-bond donors (Lipinski definition) is 1. The van der Waals surface area contributed by atoms with E-state index in [1.54, 1.807) is 23.1 Å². The summed E-state index contributed by atoms with van der Waals surface area (Å²) in [5.41, 5.74) is 2.07. The predicted molar refractivity (Wildman–Crippen MR) is 123 cm³/mol. The van der Waals surface area contributed by atoms with Crippen molar-refractivity contribution in [2.75, 3.05) is 11.5 Å². The van der Waals surface area contributed by atoms with Crippen LogP contribution in [-0.4, -0.2) is 34.5 Å². The maximum atomic E-state index is 13.9. The molecule has 2 aliphatic rings. The molecule has 4 rings (SSSR count). The van der Waals surface area contributed by atoms with Gasteiger partial charge in [-0.3, -0.25) is 14.4 Å². The Labute approximate surface area is 194 Å². The lowest BCUT2D eigenvalue weighted by atomic mass is 10.1. The molecule has 1 N–H and O–H groups in total. The third-order valence-corrected chi connectivity index (χ3v) is 6.51. The SMILES string of the molecule is CCOc1ccc(CN2C(=O)C3(SC(NC(C)=O)=NN3C(C)=O)c3cc(Cl)ccc32)cc1. The number of nitrogens with one attached hydrogen (secondary N) is 1. The third-order valence-electron chi connectivity index (χ3n) is 5.04. The number of thioether (sulfide) groups is 1. The van der Waals surface area contributed by atoms with Crippen molar-refractivity contribution in [3.63, 3.8) is 0 Å². The number of anilines is 1. The molecule has 2 heterocycles. The van der Waals surface area contributed by atoms with E-state index in [9.17, 15) is 14.4 Å². The van der Waals surface area contributed by atoms with Gasteiger partial charge in [0, 0.05) is 24.4 Å². The van der Waals surface area contributed by atoms with Gasteiger partial charge in [-0.15, -0.1) is 5.10 Å². The molecule has 0 bridgehead atoms. The number of benzene rings is 2. The average molecular weight is 473 g/mol. The van der Waals surface area contributed by atoms with Crippen molar-refractivity contribution in [1.29, 1.82) is 0 Å².